The molecule has 0 bridgehead atoms. The summed E-state index contributed by atoms with van der Waals surface area (Å²) in [6, 6.07) is -0.169. The second kappa shape index (κ2) is 5.97. The van der Waals surface area contributed by atoms with Crippen molar-refractivity contribution in [2.45, 2.75) is 26.3 Å². The van der Waals surface area contributed by atoms with Crippen molar-refractivity contribution in [2.75, 3.05) is 13.2 Å². The van der Waals surface area contributed by atoms with Gasteiger partial charge in [-0.1, -0.05) is 6.92 Å². The maximum atomic E-state index is 11.2. The lowest BCUT2D eigenvalue weighted by atomic mass is 10.1. The number of carbonyl (C=O) groups excluding carboxylic acids is 1. The molecule has 12 heavy (non-hydrogen) atoms. The van der Waals surface area contributed by atoms with E-state index in [1.54, 1.807) is 6.92 Å². The van der Waals surface area contributed by atoms with Crippen molar-refractivity contribution in [3.05, 3.63) is 0 Å². The van der Waals surface area contributed by atoms with E-state index >= 15 is 0 Å². The van der Waals surface area contributed by atoms with E-state index in [0.29, 0.717) is 13.0 Å². The second-order valence-electron chi connectivity index (χ2n) is 3.07. The predicted octanol–water partition coefficient (Wildman–Crippen LogP) is -0.532. The maximum absolute atomic E-state index is 11.2. The molecular formula is C8H18N2O2. The monoisotopic (exact) mass is 174 g/mol. The van der Waals surface area contributed by atoms with Gasteiger partial charge in [0.25, 0.3) is 0 Å². The minimum Gasteiger partial charge on any atom is -0.394 e. The minimum atomic E-state index is -0.169. The quantitative estimate of drug-likeness (QED) is 0.524. The van der Waals surface area contributed by atoms with Crippen LogP contribution in [0.15, 0.2) is 0 Å². The molecule has 0 aliphatic carbocycles. The van der Waals surface area contributed by atoms with Crippen LogP contribution in [-0.2, 0) is 4.79 Å². The predicted molar refractivity (Wildman–Crippen MR) is 47.5 cm³/mol. The van der Waals surface area contributed by atoms with Crippen molar-refractivity contribution in [1.82, 2.24) is 5.32 Å². The first-order valence-corrected chi connectivity index (χ1v) is 4.23. The summed E-state index contributed by atoms with van der Waals surface area (Å²) in [7, 11) is 0. The number of aliphatic hydroxyl groups excluding tert-OH is 1. The molecule has 1 amide bonds. The Morgan fingerprint density at radius 1 is 1.58 bits per heavy atom. The zero-order valence-corrected chi connectivity index (χ0v) is 7.71. The zero-order chi connectivity index (χ0) is 9.56. The molecule has 4 nitrogen and oxygen atoms in total. The third kappa shape index (κ3) is 4.31. The van der Waals surface area contributed by atoms with Crippen LogP contribution in [0.3, 0.4) is 0 Å². The molecule has 0 fully saturated rings. The van der Waals surface area contributed by atoms with Crippen LogP contribution in [0.1, 0.15) is 20.3 Å². The topological polar surface area (TPSA) is 75.4 Å². The van der Waals surface area contributed by atoms with E-state index in [2.05, 4.69) is 5.32 Å². The number of nitrogens with one attached hydrogen (secondary N) is 1. The molecule has 0 heterocycles. The summed E-state index contributed by atoms with van der Waals surface area (Å²) in [5.41, 5.74) is 5.30. The van der Waals surface area contributed by atoms with Gasteiger partial charge in [0, 0.05) is 12.0 Å². The number of rotatable bonds is 5. The number of carbonyl (C=O) groups is 1. The van der Waals surface area contributed by atoms with E-state index in [1.807, 2.05) is 6.92 Å². The Balaban J connectivity index is 3.70. The Morgan fingerprint density at radius 3 is 2.58 bits per heavy atom. The summed E-state index contributed by atoms with van der Waals surface area (Å²) in [6.45, 7) is 4.07. The Hall–Kier alpha value is -0.610. The molecule has 2 atom stereocenters. The first kappa shape index (κ1) is 11.4. The van der Waals surface area contributed by atoms with Crippen LogP contribution < -0.4 is 11.1 Å². The van der Waals surface area contributed by atoms with Crippen LogP contribution in [0.4, 0.5) is 0 Å². The molecule has 72 valence electrons. The summed E-state index contributed by atoms with van der Waals surface area (Å²) in [6.07, 6.45) is 0.685. The standard InChI is InChI=1S/C8H18N2O2/c1-6(3-4-9)8(12)10-7(2)5-11/h6-7,11H,3-5,9H2,1-2H3,(H,10,12)/t6?,7-/m0/s1. The molecule has 0 aliphatic heterocycles. The fourth-order valence-electron chi connectivity index (χ4n) is 0.812. The molecule has 4 N–H and O–H groups in total. The van der Waals surface area contributed by atoms with Gasteiger partial charge in [-0.25, -0.2) is 0 Å². The number of hydrogen-bond donors (Lipinski definition) is 3. The van der Waals surface area contributed by atoms with Crippen molar-refractivity contribution in [1.29, 1.82) is 0 Å². The molecule has 0 aliphatic rings. The Labute approximate surface area is 73.1 Å². The highest BCUT2D eigenvalue weighted by atomic mass is 16.3. The fourth-order valence-corrected chi connectivity index (χ4v) is 0.812. The van der Waals surface area contributed by atoms with Gasteiger partial charge in [0.2, 0.25) is 5.91 Å². The van der Waals surface area contributed by atoms with E-state index in [9.17, 15) is 4.79 Å². The first-order valence-electron chi connectivity index (χ1n) is 4.23. The van der Waals surface area contributed by atoms with Crippen molar-refractivity contribution in [2.24, 2.45) is 11.7 Å². The highest BCUT2D eigenvalue weighted by Gasteiger charge is 2.13. The van der Waals surface area contributed by atoms with Crippen molar-refractivity contribution in [3.63, 3.8) is 0 Å². The normalized spacial score (nSPS) is 15.3. The molecule has 0 rings (SSSR count). The number of nitrogens with two attached hydrogens (primary N) is 1. The van der Waals surface area contributed by atoms with Crippen molar-refractivity contribution < 1.29 is 9.90 Å². The SMILES string of the molecule is CC(CCN)C(=O)N[C@@H](C)CO. The third-order valence-electron chi connectivity index (χ3n) is 1.71. The van der Waals surface area contributed by atoms with Gasteiger partial charge in [-0.15, -0.1) is 0 Å². The highest BCUT2D eigenvalue weighted by Crippen LogP contribution is 1.99. The number of hydrogen-bond acceptors (Lipinski definition) is 3. The van der Waals surface area contributed by atoms with E-state index in [1.165, 1.54) is 0 Å². The van der Waals surface area contributed by atoms with Gasteiger partial charge in [0.1, 0.15) is 0 Å². The smallest absolute Gasteiger partial charge is 0.223 e. The summed E-state index contributed by atoms with van der Waals surface area (Å²) in [4.78, 5) is 11.2. The number of aliphatic hydroxyl groups is 1. The fraction of sp³-hybridized carbons (Fsp3) is 0.875. The molecule has 0 radical (unpaired) electrons. The van der Waals surface area contributed by atoms with Gasteiger partial charge in [-0.2, -0.15) is 0 Å². The van der Waals surface area contributed by atoms with Crippen LogP contribution in [0.2, 0.25) is 0 Å². The zero-order valence-electron chi connectivity index (χ0n) is 7.71. The summed E-state index contributed by atoms with van der Waals surface area (Å²) < 4.78 is 0. The van der Waals surface area contributed by atoms with Crippen LogP contribution in [0, 0.1) is 5.92 Å². The van der Waals surface area contributed by atoms with E-state index in [0.717, 1.165) is 0 Å². The summed E-state index contributed by atoms with van der Waals surface area (Å²) >= 11 is 0. The number of amides is 1. The lowest BCUT2D eigenvalue weighted by molar-refractivity contribution is -0.125. The van der Waals surface area contributed by atoms with E-state index in [-0.39, 0.29) is 24.5 Å². The first-order chi connectivity index (χ1) is 5.61. The maximum Gasteiger partial charge on any atom is 0.223 e. The van der Waals surface area contributed by atoms with Crippen LogP contribution >= 0.6 is 0 Å². The average Bonchev–Trinajstić information content (AvgIpc) is 2.04. The van der Waals surface area contributed by atoms with Crippen molar-refractivity contribution >= 4 is 5.91 Å². The van der Waals surface area contributed by atoms with Crippen LogP contribution in [0.25, 0.3) is 0 Å². The van der Waals surface area contributed by atoms with Gasteiger partial charge in [0.15, 0.2) is 0 Å². The lowest BCUT2D eigenvalue weighted by Gasteiger charge is -2.14. The lowest BCUT2D eigenvalue weighted by Crippen LogP contribution is -2.38. The van der Waals surface area contributed by atoms with Crippen LogP contribution in [0.5, 0.6) is 0 Å². The second-order valence-corrected chi connectivity index (χ2v) is 3.07. The third-order valence-corrected chi connectivity index (χ3v) is 1.71. The van der Waals surface area contributed by atoms with Crippen LogP contribution in [-0.4, -0.2) is 30.2 Å². The van der Waals surface area contributed by atoms with Gasteiger partial charge in [-0.05, 0) is 19.9 Å². The molecular weight excluding hydrogens is 156 g/mol. The summed E-state index contributed by atoms with van der Waals surface area (Å²) in [5, 5.41) is 11.3. The molecule has 1 unspecified atom stereocenters. The Bertz CT molecular complexity index is 139. The average molecular weight is 174 g/mol. The molecule has 4 heteroatoms. The Kier molecular flexibility index (Phi) is 5.66. The van der Waals surface area contributed by atoms with E-state index < -0.39 is 0 Å². The molecule has 0 aromatic rings. The molecule has 0 aromatic heterocycles. The van der Waals surface area contributed by atoms with Gasteiger partial charge in [0.05, 0.1) is 6.61 Å². The summed E-state index contributed by atoms with van der Waals surface area (Å²) in [5.74, 6) is -0.106. The largest absolute Gasteiger partial charge is 0.394 e. The molecule has 0 saturated heterocycles. The van der Waals surface area contributed by atoms with Gasteiger partial charge >= 0.3 is 0 Å². The molecule has 0 saturated carbocycles. The van der Waals surface area contributed by atoms with E-state index in [4.69, 9.17) is 10.8 Å². The Morgan fingerprint density at radius 2 is 2.17 bits per heavy atom. The minimum absolute atomic E-state index is 0.0267. The van der Waals surface area contributed by atoms with Crippen molar-refractivity contribution in [3.8, 4) is 0 Å². The van der Waals surface area contributed by atoms with Gasteiger partial charge in [-0.3, -0.25) is 4.79 Å². The highest BCUT2D eigenvalue weighted by molar-refractivity contribution is 5.78. The van der Waals surface area contributed by atoms with Gasteiger partial charge < -0.3 is 16.2 Å². The molecule has 0 spiro atoms. The molecule has 0 aromatic carbocycles.